The van der Waals surface area contributed by atoms with E-state index in [2.05, 4.69) is 40.0 Å². The lowest BCUT2D eigenvalue weighted by Crippen LogP contribution is -2.08. The summed E-state index contributed by atoms with van der Waals surface area (Å²) in [6, 6.07) is 4.20. The van der Waals surface area contributed by atoms with Crippen molar-refractivity contribution in [3.63, 3.8) is 0 Å². The number of carbonyl (C=O) groups excluding carboxylic acids is 1. The highest BCUT2D eigenvalue weighted by Gasteiger charge is 2.28. The van der Waals surface area contributed by atoms with E-state index in [1.54, 1.807) is 11.3 Å². The second-order valence-electron chi connectivity index (χ2n) is 5.54. The Labute approximate surface area is 142 Å². The fourth-order valence-electron chi connectivity index (χ4n) is 3.00. The second kappa shape index (κ2) is 6.50. The van der Waals surface area contributed by atoms with E-state index >= 15 is 0 Å². The third-order valence-electron chi connectivity index (χ3n) is 4.07. The standard InChI is InChI=1S/C17H18BrNO2S/c1-3-4-16(20)21-14-8-7-11-10(2)12(5-6-13(11)14)17-19-9-15(18)22-17/h5-6,9,14H,3-4,7-8H2,1-2H3. The van der Waals surface area contributed by atoms with Crippen LogP contribution in [0.25, 0.3) is 10.6 Å². The Morgan fingerprint density at radius 3 is 3.00 bits per heavy atom. The van der Waals surface area contributed by atoms with Crippen LogP contribution < -0.4 is 0 Å². The molecule has 116 valence electrons. The first kappa shape index (κ1) is 15.7. The molecule has 22 heavy (non-hydrogen) atoms. The third-order valence-corrected chi connectivity index (χ3v) is 5.58. The average Bonchev–Trinajstić information content (AvgIpc) is 3.07. The maximum absolute atomic E-state index is 11.7. The molecule has 0 saturated carbocycles. The highest BCUT2D eigenvalue weighted by atomic mass is 79.9. The average molecular weight is 380 g/mol. The molecule has 2 aromatic rings. The highest BCUT2D eigenvalue weighted by molar-refractivity contribution is 9.11. The summed E-state index contributed by atoms with van der Waals surface area (Å²) < 4.78 is 6.66. The van der Waals surface area contributed by atoms with Crippen LogP contribution in [-0.2, 0) is 16.0 Å². The minimum absolute atomic E-state index is 0.0789. The lowest BCUT2D eigenvalue weighted by atomic mass is 9.98. The zero-order valence-corrected chi connectivity index (χ0v) is 15.1. The van der Waals surface area contributed by atoms with Crippen molar-refractivity contribution in [3.8, 4) is 10.6 Å². The molecule has 0 bridgehead atoms. The molecule has 1 aliphatic carbocycles. The predicted molar refractivity (Wildman–Crippen MR) is 92.0 cm³/mol. The lowest BCUT2D eigenvalue weighted by Gasteiger charge is -2.15. The summed E-state index contributed by atoms with van der Waals surface area (Å²) in [6.45, 7) is 4.13. The van der Waals surface area contributed by atoms with Gasteiger partial charge in [0.25, 0.3) is 0 Å². The molecular formula is C17H18BrNO2S. The van der Waals surface area contributed by atoms with Gasteiger partial charge in [0.15, 0.2) is 0 Å². The zero-order chi connectivity index (χ0) is 15.7. The summed E-state index contributed by atoms with van der Waals surface area (Å²) in [5, 5.41) is 1.03. The van der Waals surface area contributed by atoms with Crippen molar-refractivity contribution in [3.05, 3.63) is 38.8 Å². The quantitative estimate of drug-likeness (QED) is 0.684. The molecule has 1 atom stereocenters. The van der Waals surface area contributed by atoms with Gasteiger partial charge in [0.2, 0.25) is 0 Å². The molecule has 3 nitrogen and oxygen atoms in total. The van der Waals surface area contributed by atoms with Gasteiger partial charge in [-0.15, -0.1) is 11.3 Å². The fraction of sp³-hybridized carbons (Fsp3) is 0.412. The van der Waals surface area contributed by atoms with Gasteiger partial charge in [-0.3, -0.25) is 4.79 Å². The molecule has 0 spiro atoms. The molecule has 0 fully saturated rings. The molecule has 1 heterocycles. The predicted octanol–water partition coefficient (Wildman–Crippen LogP) is 5.21. The first-order chi connectivity index (χ1) is 10.6. The van der Waals surface area contributed by atoms with Crippen molar-refractivity contribution >= 4 is 33.2 Å². The Kier molecular flexibility index (Phi) is 4.64. The van der Waals surface area contributed by atoms with Gasteiger partial charge >= 0.3 is 5.97 Å². The molecule has 0 saturated heterocycles. The second-order valence-corrected chi connectivity index (χ2v) is 7.95. The van der Waals surface area contributed by atoms with Gasteiger partial charge in [-0.05, 0) is 58.8 Å². The largest absolute Gasteiger partial charge is 0.457 e. The molecule has 0 N–H and O–H groups in total. The normalized spacial score (nSPS) is 16.6. The number of hydrogen-bond donors (Lipinski definition) is 0. The molecule has 0 radical (unpaired) electrons. The summed E-state index contributed by atoms with van der Waals surface area (Å²) in [6.07, 6.45) is 4.93. The van der Waals surface area contributed by atoms with Crippen LogP contribution in [0, 0.1) is 6.92 Å². The number of esters is 1. The number of carbonyl (C=O) groups is 1. The summed E-state index contributed by atoms with van der Waals surface area (Å²) in [5.41, 5.74) is 4.92. The van der Waals surface area contributed by atoms with Crippen molar-refractivity contribution < 1.29 is 9.53 Å². The smallest absolute Gasteiger partial charge is 0.306 e. The minimum atomic E-state index is -0.0917. The number of aromatic nitrogens is 1. The molecule has 1 unspecified atom stereocenters. The number of thiazole rings is 1. The van der Waals surface area contributed by atoms with Crippen LogP contribution in [0.1, 0.15) is 49.0 Å². The molecule has 1 aromatic heterocycles. The number of ether oxygens (including phenoxy) is 1. The number of nitrogens with zero attached hydrogens (tertiary/aromatic N) is 1. The van der Waals surface area contributed by atoms with Gasteiger partial charge in [-0.25, -0.2) is 4.98 Å². The molecule has 0 amide bonds. The Balaban J connectivity index is 1.89. The topological polar surface area (TPSA) is 39.2 Å². The van der Waals surface area contributed by atoms with Crippen LogP contribution in [0.4, 0.5) is 0 Å². The number of halogens is 1. The van der Waals surface area contributed by atoms with E-state index in [-0.39, 0.29) is 12.1 Å². The van der Waals surface area contributed by atoms with Crippen LogP contribution in [-0.4, -0.2) is 11.0 Å². The van der Waals surface area contributed by atoms with E-state index in [1.807, 2.05) is 13.1 Å². The van der Waals surface area contributed by atoms with Gasteiger partial charge in [-0.1, -0.05) is 19.1 Å². The highest BCUT2D eigenvalue weighted by Crippen LogP contribution is 2.40. The Bertz CT molecular complexity index is 711. The molecule has 1 aliphatic rings. The SMILES string of the molecule is CCCC(=O)OC1CCc2c1ccc(-c1ncc(Br)s1)c2C. The summed E-state index contributed by atoms with van der Waals surface area (Å²) in [5.74, 6) is -0.0917. The van der Waals surface area contributed by atoms with Crippen LogP contribution in [0.3, 0.4) is 0 Å². The Morgan fingerprint density at radius 2 is 2.32 bits per heavy atom. The van der Waals surface area contributed by atoms with E-state index in [0.717, 1.165) is 28.1 Å². The zero-order valence-electron chi connectivity index (χ0n) is 12.7. The molecule has 0 aliphatic heterocycles. The van der Waals surface area contributed by atoms with E-state index < -0.39 is 0 Å². The van der Waals surface area contributed by atoms with Gasteiger partial charge in [0.1, 0.15) is 11.1 Å². The summed E-state index contributed by atoms with van der Waals surface area (Å²) in [4.78, 5) is 16.2. The van der Waals surface area contributed by atoms with Crippen molar-refractivity contribution in [1.82, 2.24) is 4.98 Å². The maximum atomic E-state index is 11.7. The van der Waals surface area contributed by atoms with Crippen molar-refractivity contribution in [2.75, 3.05) is 0 Å². The summed E-state index contributed by atoms with van der Waals surface area (Å²) in [7, 11) is 0. The van der Waals surface area contributed by atoms with Gasteiger partial charge in [0.05, 0.1) is 9.98 Å². The van der Waals surface area contributed by atoms with Crippen LogP contribution in [0.5, 0.6) is 0 Å². The molecule has 5 heteroatoms. The van der Waals surface area contributed by atoms with Crippen molar-refractivity contribution in [2.45, 2.75) is 45.6 Å². The van der Waals surface area contributed by atoms with Gasteiger partial charge in [-0.2, -0.15) is 0 Å². The van der Waals surface area contributed by atoms with Gasteiger partial charge < -0.3 is 4.74 Å². The molecular weight excluding hydrogens is 362 g/mol. The number of rotatable bonds is 4. The fourth-order valence-corrected chi connectivity index (χ4v) is 4.29. The van der Waals surface area contributed by atoms with Crippen LogP contribution in [0.2, 0.25) is 0 Å². The molecule has 3 rings (SSSR count). The van der Waals surface area contributed by atoms with E-state index in [4.69, 9.17) is 4.74 Å². The molecule has 1 aromatic carbocycles. The van der Waals surface area contributed by atoms with Crippen molar-refractivity contribution in [2.24, 2.45) is 0 Å². The maximum Gasteiger partial charge on any atom is 0.306 e. The number of fused-ring (bicyclic) bond motifs is 1. The Morgan fingerprint density at radius 1 is 1.50 bits per heavy atom. The number of hydrogen-bond acceptors (Lipinski definition) is 4. The van der Waals surface area contributed by atoms with Crippen LogP contribution >= 0.6 is 27.3 Å². The summed E-state index contributed by atoms with van der Waals surface area (Å²) >= 11 is 5.10. The Hall–Kier alpha value is -1.20. The monoisotopic (exact) mass is 379 g/mol. The first-order valence-electron chi connectivity index (χ1n) is 7.53. The van der Waals surface area contributed by atoms with Gasteiger partial charge in [0, 0.05) is 12.0 Å². The first-order valence-corrected chi connectivity index (χ1v) is 9.14. The minimum Gasteiger partial charge on any atom is -0.457 e. The van der Waals surface area contributed by atoms with E-state index in [9.17, 15) is 4.79 Å². The lowest BCUT2D eigenvalue weighted by molar-refractivity contribution is -0.149. The third kappa shape index (κ3) is 2.97. The van der Waals surface area contributed by atoms with E-state index in [1.165, 1.54) is 22.3 Å². The van der Waals surface area contributed by atoms with Crippen molar-refractivity contribution in [1.29, 1.82) is 0 Å². The van der Waals surface area contributed by atoms with E-state index in [0.29, 0.717) is 6.42 Å². The number of benzene rings is 1. The van der Waals surface area contributed by atoms with Crippen LogP contribution in [0.15, 0.2) is 22.1 Å².